The molecule has 0 saturated carbocycles. The van der Waals surface area contributed by atoms with Crippen LogP contribution in [0.3, 0.4) is 0 Å². The molecular weight excluding hydrogens is 277 g/mol. The molecule has 20 heavy (non-hydrogen) atoms. The molecule has 1 N–H and O–H groups in total. The van der Waals surface area contributed by atoms with E-state index in [0.717, 1.165) is 37.9 Å². The van der Waals surface area contributed by atoms with Crippen molar-refractivity contribution in [1.82, 2.24) is 4.90 Å². The average molecular weight is 298 g/mol. The maximum absolute atomic E-state index is 13.1. The van der Waals surface area contributed by atoms with E-state index in [1.165, 1.54) is 12.1 Å². The van der Waals surface area contributed by atoms with Gasteiger partial charge in [-0.3, -0.25) is 4.90 Å². The number of piperidine rings is 1. The zero-order valence-corrected chi connectivity index (χ0v) is 12.4. The van der Waals surface area contributed by atoms with E-state index in [9.17, 15) is 9.50 Å². The summed E-state index contributed by atoms with van der Waals surface area (Å²) in [7, 11) is 0. The van der Waals surface area contributed by atoms with Crippen LogP contribution in [0.15, 0.2) is 30.9 Å². The van der Waals surface area contributed by atoms with Gasteiger partial charge in [0.15, 0.2) is 0 Å². The van der Waals surface area contributed by atoms with Crippen LogP contribution in [-0.4, -0.2) is 29.7 Å². The van der Waals surface area contributed by atoms with Gasteiger partial charge in [0.2, 0.25) is 0 Å². The number of hydrogen-bond acceptors (Lipinski definition) is 2. The molecule has 1 heterocycles. The summed E-state index contributed by atoms with van der Waals surface area (Å²) in [4.78, 5) is 2.28. The molecule has 1 aliphatic heterocycles. The van der Waals surface area contributed by atoms with E-state index in [-0.39, 0.29) is 17.8 Å². The lowest BCUT2D eigenvalue weighted by molar-refractivity contribution is 0.0309. The highest BCUT2D eigenvalue weighted by atomic mass is 35.5. The Hall–Kier alpha value is -0.900. The van der Waals surface area contributed by atoms with Gasteiger partial charge in [-0.15, -0.1) is 6.58 Å². The fourth-order valence-electron chi connectivity index (χ4n) is 3.00. The standard InChI is InChI=1S/C16H21ClFNO/c1-2-6-16(12-20)7-3-8-19(11-16)10-13-4-5-14(18)9-15(13)17/h2,4-5,9,20H,1,3,6-8,10-12H2/t16-/m0/s1. The number of hydrogen-bond donors (Lipinski definition) is 1. The summed E-state index contributed by atoms with van der Waals surface area (Å²) in [5.74, 6) is -0.311. The highest BCUT2D eigenvalue weighted by molar-refractivity contribution is 6.31. The van der Waals surface area contributed by atoms with Crippen molar-refractivity contribution < 1.29 is 9.50 Å². The fraction of sp³-hybridized carbons (Fsp3) is 0.500. The Labute approximate surface area is 124 Å². The summed E-state index contributed by atoms with van der Waals surface area (Å²) < 4.78 is 13.1. The minimum Gasteiger partial charge on any atom is -0.396 e. The minimum atomic E-state index is -0.311. The first-order valence-corrected chi connectivity index (χ1v) is 7.34. The van der Waals surface area contributed by atoms with Gasteiger partial charge < -0.3 is 5.11 Å². The molecule has 0 spiro atoms. The summed E-state index contributed by atoms with van der Waals surface area (Å²) in [6.07, 6.45) is 4.76. The van der Waals surface area contributed by atoms with Crippen molar-refractivity contribution in [3.63, 3.8) is 0 Å². The summed E-state index contributed by atoms with van der Waals surface area (Å²) >= 11 is 6.08. The van der Waals surface area contributed by atoms with E-state index >= 15 is 0 Å². The van der Waals surface area contributed by atoms with Gasteiger partial charge >= 0.3 is 0 Å². The van der Waals surface area contributed by atoms with Crippen LogP contribution in [0.25, 0.3) is 0 Å². The first-order chi connectivity index (χ1) is 9.58. The lowest BCUT2D eigenvalue weighted by atomic mass is 9.78. The second-order valence-corrected chi connectivity index (χ2v) is 6.11. The van der Waals surface area contributed by atoms with E-state index in [2.05, 4.69) is 11.5 Å². The Morgan fingerprint density at radius 3 is 2.95 bits per heavy atom. The number of allylic oxidation sites excluding steroid dienone is 1. The number of aliphatic hydroxyl groups is 1. The topological polar surface area (TPSA) is 23.5 Å². The van der Waals surface area contributed by atoms with Gasteiger partial charge in [-0.25, -0.2) is 4.39 Å². The average Bonchev–Trinajstić information content (AvgIpc) is 2.43. The zero-order chi connectivity index (χ0) is 14.6. The van der Waals surface area contributed by atoms with Crippen LogP contribution in [0.2, 0.25) is 5.02 Å². The van der Waals surface area contributed by atoms with E-state index in [4.69, 9.17) is 11.6 Å². The second-order valence-electron chi connectivity index (χ2n) is 5.70. The van der Waals surface area contributed by atoms with E-state index in [1.54, 1.807) is 6.07 Å². The second kappa shape index (κ2) is 6.70. The summed E-state index contributed by atoms with van der Waals surface area (Å²) in [5.41, 5.74) is 0.840. The number of aliphatic hydroxyl groups excluding tert-OH is 1. The van der Waals surface area contributed by atoms with Gasteiger partial charge in [-0.2, -0.15) is 0 Å². The van der Waals surface area contributed by atoms with Crippen molar-refractivity contribution in [3.8, 4) is 0 Å². The van der Waals surface area contributed by atoms with Gasteiger partial charge in [-0.05, 0) is 43.5 Å². The highest BCUT2D eigenvalue weighted by Gasteiger charge is 2.33. The molecule has 1 saturated heterocycles. The predicted octanol–water partition coefficient (Wildman–Crippen LogP) is 3.63. The zero-order valence-electron chi connectivity index (χ0n) is 11.6. The Kier molecular flexibility index (Phi) is 5.19. The predicted molar refractivity (Wildman–Crippen MR) is 80.3 cm³/mol. The summed E-state index contributed by atoms with van der Waals surface area (Å²) in [6, 6.07) is 4.53. The quantitative estimate of drug-likeness (QED) is 0.839. The van der Waals surface area contributed by atoms with Crippen molar-refractivity contribution in [2.45, 2.75) is 25.8 Å². The van der Waals surface area contributed by atoms with Crippen LogP contribution in [0.4, 0.5) is 4.39 Å². The molecule has 0 unspecified atom stereocenters. The first kappa shape index (κ1) is 15.5. The van der Waals surface area contributed by atoms with Gasteiger partial charge in [0.1, 0.15) is 5.82 Å². The van der Waals surface area contributed by atoms with Crippen LogP contribution >= 0.6 is 11.6 Å². The molecule has 1 aromatic rings. The molecule has 1 aliphatic rings. The molecule has 4 heteroatoms. The van der Waals surface area contributed by atoms with Crippen LogP contribution in [0.1, 0.15) is 24.8 Å². The number of halogens is 2. The van der Waals surface area contributed by atoms with Crippen molar-refractivity contribution in [1.29, 1.82) is 0 Å². The Morgan fingerprint density at radius 1 is 1.50 bits per heavy atom. The maximum atomic E-state index is 13.1. The fourth-order valence-corrected chi connectivity index (χ4v) is 3.23. The number of nitrogens with zero attached hydrogens (tertiary/aromatic N) is 1. The van der Waals surface area contributed by atoms with Gasteiger partial charge in [0.25, 0.3) is 0 Å². The third-order valence-corrected chi connectivity index (χ3v) is 4.41. The first-order valence-electron chi connectivity index (χ1n) is 6.97. The summed E-state index contributed by atoms with van der Waals surface area (Å²) in [5, 5.41) is 10.2. The maximum Gasteiger partial charge on any atom is 0.124 e. The smallest absolute Gasteiger partial charge is 0.124 e. The highest BCUT2D eigenvalue weighted by Crippen LogP contribution is 2.34. The Bertz CT molecular complexity index is 480. The third kappa shape index (κ3) is 3.60. The normalized spacial score (nSPS) is 23.8. The molecule has 110 valence electrons. The van der Waals surface area contributed by atoms with Crippen molar-refractivity contribution in [3.05, 3.63) is 47.3 Å². The largest absolute Gasteiger partial charge is 0.396 e. The van der Waals surface area contributed by atoms with Crippen LogP contribution in [0.5, 0.6) is 0 Å². The molecule has 2 rings (SSSR count). The molecule has 0 amide bonds. The molecular formula is C16H21ClFNO. The summed E-state index contributed by atoms with van der Waals surface area (Å²) in [6.45, 7) is 6.46. The molecule has 0 aliphatic carbocycles. The molecule has 1 aromatic carbocycles. The third-order valence-electron chi connectivity index (χ3n) is 4.06. The monoisotopic (exact) mass is 297 g/mol. The van der Waals surface area contributed by atoms with Crippen molar-refractivity contribution >= 4 is 11.6 Å². The molecule has 1 fully saturated rings. The van der Waals surface area contributed by atoms with Gasteiger partial charge in [-0.1, -0.05) is 23.7 Å². The molecule has 0 radical (unpaired) electrons. The van der Waals surface area contributed by atoms with Crippen LogP contribution in [0, 0.1) is 11.2 Å². The number of benzene rings is 1. The van der Waals surface area contributed by atoms with Crippen LogP contribution < -0.4 is 0 Å². The molecule has 2 nitrogen and oxygen atoms in total. The Morgan fingerprint density at radius 2 is 2.30 bits per heavy atom. The van der Waals surface area contributed by atoms with Gasteiger partial charge in [0.05, 0.1) is 6.61 Å². The number of likely N-dealkylation sites (tertiary alicyclic amines) is 1. The lowest BCUT2D eigenvalue weighted by Crippen LogP contribution is -2.44. The van der Waals surface area contributed by atoms with E-state index < -0.39 is 0 Å². The molecule has 1 atom stereocenters. The minimum absolute atomic E-state index is 0.0908. The lowest BCUT2D eigenvalue weighted by Gasteiger charge is -2.41. The van der Waals surface area contributed by atoms with Gasteiger partial charge in [0, 0.05) is 23.5 Å². The SMILES string of the molecule is C=CC[C@]1(CO)CCCN(Cc2ccc(F)cc2Cl)C1. The van der Waals surface area contributed by atoms with Crippen molar-refractivity contribution in [2.75, 3.05) is 19.7 Å². The molecule has 0 aromatic heterocycles. The molecule has 0 bridgehead atoms. The van der Waals surface area contributed by atoms with Crippen LogP contribution in [-0.2, 0) is 6.54 Å². The number of rotatable bonds is 5. The van der Waals surface area contributed by atoms with Crippen molar-refractivity contribution in [2.24, 2.45) is 5.41 Å². The van der Waals surface area contributed by atoms with E-state index in [0.29, 0.717) is 11.6 Å². The Balaban J connectivity index is 2.07. The van der Waals surface area contributed by atoms with E-state index in [1.807, 2.05) is 6.08 Å².